The van der Waals surface area contributed by atoms with Gasteiger partial charge in [0.25, 0.3) is 15.9 Å². The maximum absolute atomic E-state index is 13.0. The van der Waals surface area contributed by atoms with Crippen molar-refractivity contribution < 1.29 is 17.9 Å². The van der Waals surface area contributed by atoms with Gasteiger partial charge in [0.15, 0.2) is 0 Å². The number of carbonyl (C=O) groups is 1. The van der Waals surface area contributed by atoms with E-state index >= 15 is 0 Å². The molecule has 7 nitrogen and oxygen atoms in total. The van der Waals surface area contributed by atoms with E-state index in [2.05, 4.69) is 4.72 Å². The number of nitrogens with one attached hydrogen (secondary N) is 1. The van der Waals surface area contributed by atoms with Crippen LogP contribution in [0.2, 0.25) is 5.02 Å². The molecule has 0 aliphatic carbocycles. The Kier molecular flexibility index (Phi) is 7.50. The van der Waals surface area contributed by atoms with Crippen LogP contribution in [0.3, 0.4) is 0 Å². The molecule has 0 aliphatic heterocycles. The normalized spacial score (nSPS) is 11.1. The number of amides is 1. The standard InChI is InChI=1S/C24H26ClN3O4S/c1-27(2)19-12-9-17(10-13-19)16-28(3)24(29)18-11-14-20(25)23(15-18)33(30,31)26-21-7-5-6-8-22(21)32-4/h5-15,26H,16H2,1-4H3. The maximum Gasteiger partial charge on any atom is 0.263 e. The Bertz CT molecular complexity index is 1240. The monoisotopic (exact) mass is 487 g/mol. The highest BCUT2D eigenvalue weighted by Gasteiger charge is 2.23. The van der Waals surface area contributed by atoms with E-state index in [1.165, 1.54) is 30.2 Å². The first-order valence-corrected chi connectivity index (χ1v) is 12.0. The number of benzene rings is 3. The summed E-state index contributed by atoms with van der Waals surface area (Å²) in [5.41, 5.74) is 2.50. The number of methoxy groups -OCH3 is 1. The fraction of sp³-hybridized carbons (Fsp3) is 0.208. The highest BCUT2D eigenvalue weighted by Crippen LogP contribution is 2.29. The van der Waals surface area contributed by atoms with Crippen LogP contribution in [0.5, 0.6) is 5.75 Å². The van der Waals surface area contributed by atoms with Crippen molar-refractivity contribution in [2.45, 2.75) is 11.4 Å². The van der Waals surface area contributed by atoms with Gasteiger partial charge in [0.1, 0.15) is 10.6 Å². The average molecular weight is 488 g/mol. The van der Waals surface area contributed by atoms with Crippen molar-refractivity contribution in [2.75, 3.05) is 37.9 Å². The number of nitrogens with zero attached hydrogens (tertiary/aromatic N) is 2. The lowest BCUT2D eigenvalue weighted by Crippen LogP contribution is -2.26. The van der Waals surface area contributed by atoms with E-state index in [0.29, 0.717) is 12.3 Å². The average Bonchev–Trinajstić information content (AvgIpc) is 2.79. The second-order valence-electron chi connectivity index (χ2n) is 7.67. The number of sulfonamides is 1. The third-order valence-electron chi connectivity index (χ3n) is 5.04. The molecule has 0 spiro atoms. The molecular weight excluding hydrogens is 462 g/mol. The van der Waals surface area contributed by atoms with Gasteiger partial charge in [-0.25, -0.2) is 8.42 Å². The zero-order valence-electron chi connectivity index (χ0n) is 18.9. The summed E-state index contributed by atoms with van der Waals surface area (Å²) in [5.74, 6) is 0.0431. The molecule has 0 atom stereocenters. The van der Waals surface area contributed by atoms with Crippen LogP contribution < -0.4 is 14.4 Å². The summed E-state index contributed by atoms with van der Waals surface area (Å²) in [5, 5.41) is 0.0101. The van der Waals surface area contributed by atoms with Gasteiger partial charge < -0.3 is 14.5 Å². The lowest BCUT2D eigenvalue weighted by molar-refractivity contribution is 0.0785. The molecule has 174 valence electrons. The van der Waals surface area contributed by atoms with Crippen molar-refractivity contribution in [1.29, 1.82) is 0 Å². The van der Waals surface area contributed by atoms with Gasteiger partial charge in [0, 0.05) is 38.9 Å². The Morgan fingerprint density at radius 1 is 1.00 bits per heavy atom. The molecule has 0 unspecified atom stereocenters. The van der Waals surface area contributed by atoms with E-state index in [1.54, 1.807) is 31.3 Å². The second-order valence-corrected chi connectivity index (χ2v) is 9.73. The first-order valence-electron chi connectivity index (χ1n) is 10.1. The molecule has 0 aliphatic rings. The number of hydrogen-bond donors (Lipinski definition) is 1. The molecule has 1 amide bonds. The third-order valence-corrected chi connectivity index (χ3v) is 6.89. The van der Waals surface area contributed by atoms with Crippen molar-refractivity contribution in [2.24, 2.45) is 0 Å². The lowest BCUT2D eigenvalue weighted by Gasteiger charge is -2.19. The van der Waals surface area contributed by atoms with Crippen molar-refractivity contribution in [3.8, 4) is 5.75 Å². The largest absolute Gasteiger partial charge is 0.495 e. The van der Waals surface area contributed by atoms with Gasteiger partial charge in [0.05, 0.1) is 17.8 Å². The molecule has 9 heteroatoms. The molecule has 3 aromatic rings. The van der Waals surface area contributed by atoms with E-state index < -0.39 is 10.0 Å². The van der Waals surface area contributed by atoms with Crippen LogP contribution in [-0.4, -0.2) is 47.5 Å². The van der Waals surface area contributed by atoms with Crippen LogP contribution in [-0.2, 0) is 16.6 Å². The summed E-state index contributed by atoms with van der Waals surface area (Å²) < 4.78 is 33.7. The molecule has 0 saturated carbocycles. The molecule has 3 rings (SSSR count). The van der Waals surface area contributed by atoms with Crippen molar-refractivity contribution in [3.05, 3.63) is 82.9 Å². The first kappa shape index (κ1) is 24.4. The summed E-state index contributed by atoms with van der Waals surface area (Å²) in [7, 11) is 2.96. The second kappa shape index (κ2) is 10.1. The Balaban J connectivity index is 1.83. The van der Waals surface area contributed by atoms with Crippen LogP contribution in [0.25, 0.3) is 0 Å². The van der Waals surface area contributed by atoms with Crippen molar-refractivity contribution in [3.63, 3.8) is 0 Å². The molecule has 0 aromatic heterocycles. The summed E-state index contributed by atoms with van der Waals surface area (Å²) in [4.78, 5) is 16.3. The van der Waals surface area contributed by atoms with E-state index in [1.807, 2.05) is 43.3 Å². The smallest absolute Gasteiger partial charge is 0.263 e. The van der Waals surface area contributed by atoms with Gasteiger partial charge in [-0.3, -0.25) is 9.52 Å². The molecule has 1 N–H and O–H groups in total. The van der Waals surface area contributed by atoms with Gasteiger partial charge in [-0.15, -0.1) is 0 Å². The highest BCUT2D eigenvalue weighted by atomic mass is 35.5. The highest BCUT2D eigenvalue weighted by molar-refractivity contribution is 7.92. The predicted octanol–water partition coefficient (Wildman–Crippen LogP) is 4.49. The van der Waals surface area contributed by atoms with Crippen LogP contribution in [0, 0.1) is 0 Å². The Labute approximate surface area is 199 Å². The van der Waals surface area contributed by atoms with Gasteiger partial charge in [-0.1, -0.05) is 35.9 Å². The number of halogens is 1. The van der Waals surface area contributed by atoms with Gasteiger partial charge >= 0.3 is 0 Å². The first-order chi connectivity index (χ1) is 15.6. The number of hydrogen-bond acceptors (Lipinski definition) is 5. The minimum atomic E-state index is -4.07. The lowest BCUT2D eigenvalue weighted by atomic mass is 10.1. The number of ether oxygens (including phenoxy) is 1. The Morgan fingerprint density at radius 2 is 1.67 bits per heavy atom. The number of anilines is 2. The number of rotatable bonds is 8. The number of para-hydroxylation sites is 2. The Morgan fingerprint density at radius 3 is 2.30 bits per heavy atom. The summed E-state index contributed by atoms with van der Waals surface area (Å²) >= 11 is 6.20. The van der Waals surface area contributed by atoms with Crippen LogP contribution in [0.4, 0.5) is 11.4 Å². The van der Waals surface area contributed by atoms with Gasteiger partial charge in [-0.2, -0.15) is 0 Å². The van der Waals surface area contributed by atoms with Crippen LogP contribution in [0.15, 0.2) is 71.6 Å². The minimum Gasteiger partial charge on any atom is -0.495 e. The van der Waals surface area contributed by atoms with Crippen molar-refractivity contribution >= 4 is 38.9 Å². The minimum absolute atomic E-state index is 0.0101. The zero-order valence-corrected chi connectivity index (χ0v) is 20.4. The molecular formula is C24H26ClN3O4S. The fourth-order valence-electron chi connectivity index (χ4n) is 3.24. The maximum atomic E-state index is 13.0. The summed E-state index contributed by atoms with van der Waals surface area (Å²) in [6.07, 6.45) is 0. The van der Waals surface area contributed by atoms with E-state index in [-0.39, 0.29) is 27.1 Å². The van der Waals surface area contributed by atoms with Gasteiger partial charge in [0.2, 0.25) is 0 Å². The molecule has 0 bridgehead atoms. The molecule has 0 radical (unpaired) electrons. The molecule has 3 aromatic carbocycles. The van der Waals surface area contributed by atoms with E-state index in [0.717, 1.165) is 11.3 Å². The summed E-state index contributed by atoms with van der Waals surface area (Å²) in [6.45, 7) is 0.372. The summed E-state index contributed by atoms with van der Waals surface area (Å²) in [6, 6.07) is 18.7. The van der Waals surface area contributed by atoms with E-state index in [9.17, 15) is 13.2 Å². The third kappa shape index (κ3) is 5.77. The molecule has 0 fully saturated rings. The van der Waals surface area contributed by atoms with E-state index in [4.69, 9.17) is 16.3 Å². The fourth-order valence-corrected chi connectivity index (χ4v) is 4.83. The van der Waals surface area contributed by atoms with Crippen molar-refractivity contribution in [1.82, 2.24) is 4.90 Å². The quantitative estimate of drug-likeness (QED) is 0.506. The SMILES string of the molecule is COc1ccccc1NS(=O)(=O)c1cc(C(=O)N(C)Cc2ccc(N(C)C)cc2)ccc1Cl. The zero-order chi connectivity index (χ0) is 24.2. The predicted molar refractivity (Wildman–Crippen MR) is 132 cm³/mol. The van der Waals surface area contributed by atoms with Crippen LogP contribution >= 0.6 is 11.6 Å². The number of carbonyl (C=O) groups excluding carboxylic acids is 1. The topological polar surface area (TPSA) is 78.9 Å². The molecule has 33 heavy (non-hydrogen) atoms. The molecule has 0 saturated heterocycles. The van der Waals surface area contributed by atoms with Crippen LogP contribution in [0.1, 0.15) is 15.9 Å². The van der Waals surface area contributed by atoms with Gasteiger partial charge in [-0.05, 0) is 48.0 Å². The molecule has 0 heterocycles. The Hall–Kier alpha value is -3.23.